The number of anilines is 1. The molecule has 2 aromatic rings. The monoisotopic (exact) mass is 277 g/mol. The molecule has 20 heavy (non-hydrogen) atoms. The summed E-state index contributed by atoms with van der Waals surface area (Å²) in [5.41, 5.74) is 0.809. The fraction of sp³-hybridized carbons (Fsp3) is 0.286. The number of amides is 1. The normalized spacial score (nSPS) is 14.3. The maximum Gasteiger partial charge on any atom is 0.262 e. The van der Waals surface area contributed by atoms with E-state index < -0.39 is 17.5 Å². The standard InChI is InChI=1S/C14H13F2N3O/c1-19(13-7-12(17-18-13)8-2-3-8)14(20)10-5-4-9(15)6-11(10)16/h4-8H,2-3H2,1H3,(H,17,18). The van der Waals surface area contributed by atoms with Crippen LogP contribution in [0.15, 0.2) is 24.3 Å². The molecular formula is C14H13F2N3O. The molecular weight excluding hydrogens is 264 g/mol. The smallest absolute Gasteiger partial charge is 0.262 e. The second-order valence-electron chi connectivity index (χ2n) is 4.94. The molecule has 0 spiro atoms. The molecule has 0 atom stereocenters. The topological polar surface area (TPSA) is 49.0 Å². The molecule has 0 unspecified atom stereocenters. The lowest BCUT2D eigenvalue weighted by Gasteiger charge is -2.14. The van der Waals surface area contributed by atoms with Crippen LogP contribution >= 0.6 is 0 Å². The Balaban J connectivity index is 1.84. The van der Waals surface area contributed by atoms with Gasteiger partial charge in [-0.1, -0.05) is 0 Å². The minimum absolute atomic E-state index is 0.176. The lowest BCUT2D eigenvalue weighted by molar-refractivity contribution is 0.0988. The first-order valence-corrected chi connectivity index (χ1v) is 6.34. The van der Waals surface area contributed by atoms with Crippen LogP contribution in [0.4, 0.5) is 14.6 Å². The first-order valence-electron chi connectivity index (χ1n) is 6.34. The first kappa shape index (κ1) is 12.8. The molecule has 1 amide bonds. The van der Waals surface area contributed by atoms with Crippen molar-refractivity contribution in [2.24, 2.45) is 0 Å². The maximum atomic E-state index is 13.6. The van der Waals surface area contributed by atoms with E-state index in [1.807, 2.05) is 0 Å². The van der Waals surface area contributed by atoms with Crippen LogP contribution in [-0.2, 0) is 0 Å². The van der Waals surface area contributed by atoms with Crippen LogP contribution in [0.2, 0.25) is 0 Å². The van der Waals surface area contributed by atoms with Gasteiger partial charge in [0.2, 0.25) is 0 Å². The van der Waals surface area contributed by atoms with Crippen molar-refractivity contribution in [3.63, 3.8) is 0 Å². The van der Waals surface area contributed by atoms with E-state index in [1.165, 1.54) is 11.9 Å². The molecule has 0 saturated heterocycles. The molecule has 1 heterocycles. The molecule has 0 bridgehead atoms. The van der Waals surface area contributed by atoms with Crippen LogP contribution in [0.25, 0.3) is 0 Å². The third-order valence-electron chi connectivity index (χ3n) is 3.41. The SMILES string of the molecule is CN(C(=O)c1ccc(F)cc1F)c1cc(C2CC2)[nH]n1. The predicted molar refractivity (Wildman–Crippen MR) is 69.7 cm³/mol. The Labute approximate surface area is 114 Å². The van der Waals surface area contributed by atoms with Gasteiger partial charge in [-0.2, -0.15) is 5.10 Å². The number of aromatic nitrogens is 2. The van der Waals surface area contributed by atoms with Crippen LogP contribution < -0.4 is 4.90 Å². The van der Waals surface area contributed by atoms with Crippen molar-refractivity contribution in [2.75, 3.05) is 11.9 Å². The highest BCUT2D eigenvalue weighted by molar-refractivity contribution is 6.05. The number of benzene rings is 1. The summed E-state index contributed by atoms with van der Waals surface area (Å²) in [5, 5.41) is 6.94. The van der Waals surface area contributed by atoms with Crippen molar-refractivity contribution < 1.29 is 13.6 Å². The van der Waals surface area contributed by atoms with Gasteiger partial charge in [-0.05, 0) is 25.0 Å². The highest BCUT2D eigenvalue weighted by Gasteiger charge is 2.27. The molecule has 104 valence electrons. The van der Waals surface area contributed by atoms with E-state index in [0.717, 1.165) is 30.7 Å². The predicted octanol–water partition coefficient (Wildman–Crippen LogP) is 2.84. The number of carbonyl (C=O) groups is 1. The highest BCUT2D eigenvalue weighted by atomic mass is 19.1. The van der Waals surface area contributed by atoms with Crippen LogP contribution in [0, 0.1) is 11.6 Å². The third kappa shape index (κ3) is 2.29. The number of H-pyrrole nitrogens is 1. The molecule has 3 rings (SSSR count). The minimum Gasteiger partial charge on any atom is -0.294 e. The van der Waals surface area contributed by atoms with Crippen molar-refractivity contribution in [3.05, 3.63) is 47.2 Å². The number of aromatic amines is 1. The lowest BCUT2D eigenvalue weighted by Crippen LogP contribution is -2.27. The molecule has 1 fully saturated rings. The van der Waals surface area contributed by atoms with Gasteiger partial charge < -0.3 is 0 Å². The Kier molecular flexibility index (Phi) is 3.00. The Hall–Kier alpha value is -2.24. The summed E-state index contributed by atoms with van der Waals surface area (Å²) < 4.78 is 26.5. The molecule has 0 aliphatic heterocycles. The van der Waals surface area contributed by atoms with Gasteiger partial charge >= 0.3 is 0 Å². The molecule has 1 aromatic carbocycles. The minimum atomic E-state index is -0.875. The van der Waals surface area contributed by atoms with Crippen molar-refractivity contribution >= 4 is 11.7 Å². The van der Waals surface area contributed by atoms with E-state index in [9.17, 15) is 13.6 Å². The number of nitrogens with zero attached hydrogens (tertiary/aromatic N) is 2. The summed E-state index contributed by atoms with van der Waals surface area (Å²) in [6, 6.07) is 4.68. The van der Waals surface area contributed by atoms with Gasteiger partial charge in [-0.3, -0.25) is 14.8 Å². The van der Waals surface area contributed by atoms with E-state index >= 15 is 0 Å². The van der Waals surface area contributed by atoms with E-state index in [4.69, 9.17) is 0 Å². The van der Waals surface area contributed by atoms with Crippen LogP contribution in [0.1, 0.15) is 34.8 Å². The molecule has 1 aliphatic carbocycles. The molecule has 0 radical (unpaired) electrons. The first-order chi connectivity index (χ1) is 9.56. The summed E-state index contributed by atoms with van der Waals surface area (Å²) in [7, 11) is 1.51. The van der Waals surface area contributed by atoms with Crippen molar-refractivity contribution in [3.8, 4) is 0 Å². The zero-order valence-corrected chi connectivity index (χ0v) is 10.9. The Morgan fingerprint density at radius 3 is 2.75 bits per heavy atom. The summed E-state index contributed by atoms with van der Waals surface area (Å²) >= 11 is 0. The number of nitrogens with one attached hydrogen (secondary N) is 1. The lowest BCUT2D eigenvalue weighted by atomic mass is 10.2. The molecule has 1 aromatic heterocycles. The molecule has 1 saturated carbocycles. The number of hydrogen-bond donors (Lipinski definition) is 1. The van der Waals surface area contributed by atoms with Gasteiger partial charge in [0.25, 0.3) is 5.91 Å². The van der Waals surface area contributed by atoms with E-state index in [2.05, 4.69) is 10.2 Å². The Morgan fingerprint density at radius 2 is 2.10 bits per heavy atom. The average Bonchev–Trinajstić information content (AvgIpc) is 3.15. The number of hydrogen-bond acceptors (Lipinski definition) is 2. The van der Waals surface area contributed by atoms with Crippen molar-refractivity contribution in [2.45, 2.75) is 18.8 Å². The number of rotatable bonds is 3. The number of carbonyl (C=O) groups excluding carboxylic acids is 1. The van der Waals surface area contributed by atoms with Crippen molar-refractivity contribution in [1.82, 2.24) is 10.2 Å². The average molecular weight is 277 g/mol. The van der Waals surface area contributed by atoms with E-state index in [1.54, 1.807) is 6.07 Å². The summed E-state index contributed by atoms with van der Waals surface area (Å²) in [5.74, 6) is -1.23. The van der Waals surface area contributed by atoms with E-state index in [0.29, 0.717) is 17.8 Å². The van der Waals surface area contributed by atoms with Crippen LogP contribution in [-0.4, -0.2) is 23.2 Å². The molecule has 1 aliphatic rings. The highest BCUT2D eigenvalue weighted by Crippen LogP contribution is 2.39. The Bertz CT molecular complexity index is 664. The largest absolute Gasteiger partial charge is 0.294 e. The molecule has 4 nitrogen and oxygen atoms in total. The molecule has 6 heteroatoms. The zero-order chi connectivity index (χ0) is 14.3. The fourth-order valence-electron chi connectivity index (χ4n) is 2.05. The summed E-state index contributed by atoms with van der Waals surface area (Å²) in [4.78, 5) is 13.4. The fourth-order valence-corrected chi connectivity index (χ4v) is 2.05. The van der Waals surface area contributed by atoms with Crippen LogP contribution in [0.5, 0.6) is 0 Å². The van der Waals surface area contributed by atoms with Gasteiger partial charge in [0.15, 0.2) is 5.82 Å². The molecule has 1 N–H and O–H groups in total. The van der Waals surface area contributed by atoms with Gasteiger partial charge in [0, 0.05) is 30.8 Å². The van der Waals surface area contributed by atoms with Gasteiger partial charge in [0.1, 0.15) is 11.6 Å². The van der Waals surface area contributed by atoms with Gasteiger partial charge in [-0.25, -0.2) is 8.78 Å². The third-order valence-corrected chi connectivity index (χ3v) is 3.41. The second kappa shape index (κ2) is 4.70. The van der Waals surface area contributed by atoms with Gasteiger partial charge in [0.05, 0.1) is 5.56 Å². The van der Waals surface area contributed by atoms with Gasteiger partial charge in [-0.15, -0.1) is 0 Å². The van der Waals surface area contributed by atoms with Crippen LogP contribution in [0.3, 0.4) is 0 Å². The Morgan fingerprint density at radius 1 is 1.35 bits per heavy atom. The second-order valence-corrected chi connectivity index (χ2v) is 4.94. The summed E-state index contributed by atoms with van der Waals surface area (Å²) in [6.45, 7) is 0. The zero-order valence-electron chi connectivity index (χ0n) is 10.9. The summed E-state index contributed by atoms with van der Waals surface area (Å²) in [6.07, 6.45) is 2.23. The number of halogens is 2. The van der Waals surface area contributed by atoms with E-state index in [-0.39, 0.29) is 5.56 Å². The quantitative estimate of drug-likeness (QED) is 0.937. The maximum absolute atomic E-state index is 13.6. The van der Waals surface area contributed by atoms with Crippen molar-refractivity contribution in [1.29, 1.82) is 0 Å².